The molecular weight excluding hydrogens is 276 g/mol. The van der Waals surface area contributed by atoms with E-state index in [1.807, 2.05) is 13.8 Å². The molecule has 0 unspecified atom stereocenters. The number of hydrogen-bond acceptors (Lipinski definition) is 3. The minimum Gasteiger partial charge on any atom is -0.336 e. The standard InChI is InChI=1S/C12H10Cl2FN3/c1-6-7(2)17-12(11(14)16-6)18-10-5-8(15)3-4-9(10)13/h3-5H,1-2H3,(H,17,18). The summed E-state index contributed by atoms with van der Waals surface area (Å²) in [5, 5.41) is 3.47. The van der Waals surface area contributed by atoms with Crippen LogP contribution in [0.1, 0.15) is 11.4 Å². The van der Waals surface area contributed by atoms with Crippen molar-refractivity contribution in [3.8, 4) is 0 Å². The Balaban J connectivity index is 2.40. The Labute approximate surface area is 114 Å². The third-order valence-electron chi connectivity index (χ3n) is 2.45. The van der Waals surface area contributed by atoms with Crippen molar-refractivity contribution in [2.75, 3.05) is 5.32 Å². The zero-order chi connectivity index (χ0) is 13.3. The molecule has 1 heterocycles. The van der Waals surface area contributed by atoms with Gasteiger partial charge in [0.05, 0.1) is 22.1 Å². The molecular formula is C12H10Cl2FN3. The van der Waals surface area contributed by atoms with E-state index >= 15 is 0 Å². The van der Waals surface area contributed by atoms with Crippen LogP contribution < -0.4 is 5.32 Å². The van der Waals surface area contributed by atoms with E-state index in [9.17, 15) is 4.39 Å². The van der Waals surface area contributed by atoms with Gasteiger partial charge in [-0.1, -0.05) is 23.2 Å². The van der Waals surface area contributed by atoms with Gasteiger partial charge in [-0.05, 0) is 32.0 Å². The van der Waals surface area contributed by atoms with Gasteiger partial charge in [0.15, 0.2) is 11.0 Å². The maximum Gasteiger partial charge on any atom is 0.172 e. The highest BCUT2D eigenvalue weighted by Crippen LogP contribution is 2.28. The van der Waals surface area contributed by atoms with E-state index < -0.39 is 5.82 Å². The summed E-state index contributed by atoms with van der Waals surface area (Å²) in [6, 6.07) is 4.01. The van der Waals surface area contributed by atoms with Gasteiger partial charge in [-0.25, -0.2) is 14.4 Å². The van der Waals surface area contributed by atoms with E-state index in [0.717, 1.165) is 11.4 Å². The van der Waals surface area contributed by atoms with Gasteiger partial charge in [0, 0.05) is 0 Å². The lowest BCUT2D eigenvalue weighted by molar-refractivity contribution is 0.628. The lowest BCUT2D eigenvalue weighted by Gasteiger charge is -2.10. The third-order valence-corrected chi connectivity index (χ3v) is 3.04. The van der Waals surface area contributed by atoms with Gasteiger partial charge in [-0.2, -0.15) is 0 Å². The normalized spacial score (nSPS) is 10.5. The van der Waals surface area contributed by atoms with Gasteiger partial charge in [0.25, 0.3) is 0 Å². The Morgan fingerprint density at radius 3 is 2.50 bits per heavy atom. The van der Waals surface area contributed by atoms with E-state index in [1.165, 1.54) is 18.2 Å². The fourth-order valence-electron chi connectivity index (χ4n) is 1.38. The summed E-state index contributed by atoms with van der Waals surface area (Å²) in [7, 11) is 0. The number of hydrogen-bond donors (Lipinski definition) is 1. The third kappa shape index (κ3) is 2.71. The highest BCUT2D eigenvalue weighted by atomic mass is 35.5. The number of aromatic nitrogens is 2. The van der Waals surface area contributed by atoms with Crippen LogP contribution in [-0.2, 0) is 0 Å². The van der Waals surface area contributed by atoms with Crippen molar-refractivity contribution in [1.29, 1.82) is 0 Å². The van der Waals surface area contributed by atoms with E-state index in [1.54, 1.807) is 0 Å². The topological polar surface area (TPSA) is 37.8 Å². The first-order valence-corrected chi connectivity index (χ1v) is 5.96. The molecule has 0 spiro atoms. The van der Waals surface area contributed by atoms with Crippen LogP contribution in [0.5, 0.6) is 0 Å². The zero-order valence-corrected chi connectivity index (χ0v) is 11.3. The molecule has 3 nitrogen and oxygen atoms in total. The second-order valence-corrected chi connectivity index (χ2v) is 4.55. The average molecular weight is 286 g/mol. The van der Waals surface area contributed by atoms with Crippen LogP contribution in [0.25, 0.3) is 0 Å². The molecule has 0 radical (unpaired) electrons. The van der Waals surface area contributed by atoms with Crippen LogP contribution in [0.3, 0.4) is 0 Å². The van der Waals surface area contributed by atoms with E-state index in [0.29, 0.717) is 16.5 Å². The van der Waals surface area contributed by atoms with Crippen molar-refractivity contribution in [1.82, 2.24) is 9.97 Å². The molecule has 0 amide bonds. The predicted molar refractivity (Wildman–Crippen MR) is 71.2 cm³/mol. The minimum atomic E-state index is -0.394. The Bertz CT molecular complexity index is 602. The van der Waals surface area contributed by atoms with Gasteiger partial charge < -0.3 is 5.32 Å². The molecule has 0 fully saturated rings. The van der Waals surface area contributed by atoms with Gasteiger partial charge in [0.2, 0.25) is 0 Å². The first-order chi connectivity index (χ1) is 8.47. The van der Waals surface area contributed by atoms with Crippen LogP contribution in [-0.4, -0.2) is 9.97 Å². The Kier molecular flexibility index (Phi) is 3.68. The lowest BCUT2D eigenvalue weighted by atomic mass is 10.3. The van der Waals surface area contributed by atoms with Gasteiger partial charge in [0.1, 0.15) is 5.82 Å². The van der Waals surface area contributed by atoms with Crippen molar-refractivity contribution in [3.05, 3.63) is 45.6 Å². The van der Waals surface area contributed by atoms with Gasteiger partial charge in [-0.3, -0.25) is 0 Å². The highest BCUT2D eigenvalue weighted by Gasteiger charge is 2.09. The van der Waals surface area contributed by atoms with Gasteiger partial charge >= 0.3 is 0 Å². The summed E-state index contributed by atoms with van der Waals surface area (Å²) < 4.78 is 13.1. The van der Waals surface area contributed by atoms with Crippen LogP contribution >= 0.6 is 23.2 Å². The number of halogens is 3. The van der Waals surface area contributed by atoms with E-state index in [4.69, 9.17) is 23.2 Å². The van der Waals surface area contributed by atoms with Crippen molar-refractivity contribution in [2.24, 2.45) is 0 Å². The SMILES string of the molecule is Cc1nc(Cl)c(Nc2cc(F)ccc2Cl)nc1C. The molecule has 1 aromatic carbocycles. The molecule has 1 N–H and O–H groups in total. The quantitative estimate of drug-likeness (QED) is 0.895. The fourth-order valence-corrected chi connectivity index (χ4v) is 1.76. The molecule has 1 aromatic heterocycles. The second kappa shape index (κ2) is 5.08. The number of nitrogens with one attached hydrogen (secondary N) is 1. The van der Waals surface area contributed by atoms with E-state index in [2.05, 4.69) is 15.3 Å². The number of nitrogens with zero attached hydrogens (tertiary/aromatic N) is 2. The molecule has 0 aliphatic rings. The Hall–Kier alpha value is -1.39. The maximum atomic E-state index is 13.1. The molecule has 0 saturated heterocycles. The first-order valence-electron chi connectivity index (χ1n) is 5.20. The summed E-state index contributed by atoms with van der Waals surface area (Å²) in [5.41, 5.74) is 1.89. The maximum absolute atomic E-state index is 13.1. The average Bonchev–Trinajstić information content (AvgIpc) is 2.30. The van der Waals surface area contributed by atoms with Crippen molar-refractivity contribution >= 4 is 34.7 Å². The van der Waals surface area contributed by atoms with Crippen molar-refractivity contribution in [3.63, 3.8) is 0 Å². The van der Waals surface area contributed by atoms with Crippen molar-refractivity contribution < 1.29 is 4.39 Å². The zero-order valence-electron chi connectivity index (χ0n) is 9.76. The van der Waals surface area contributed by atoms with Crippen LogP contribution in [0.2, 0.25) is 10.2 Å². The number of benzene rings is 1. The fraction of sp³-hybridized carbons (Fsp3) is 0.167. The molecule has 6 heteroatoms. The smallest absolute Gasteiger partial charge is 0.172 e. The summed E-state index contributed by atoms with van der Waals surface area (Å²) in [6.07, 6.45) is 0. The predicted octanol–water partition coefficient (Wildman–Crippen LogP) is 4.28. The first kappa shape index (κ1) is 13.1. The molecule has 2 rings (SSSR count). The van der Waals surface area contributed by atoms with Crippen LogP contribution in [0.4, 0.5) is 15.9 Å². The Morgan fingerprint density at radius 2 is 1.78 bits per heavy atom. The summed E-state index contributed by atoms with van der Waals surface area (Å²) in [6.45, 7) is 3.63. The molecule has 18 heavy (non-hydrogen) atoms. The van der Waals surface area contributed by atoms with Crippen molar-refractivity contribution in [2.45, 2.75) is 13.8 Å². The number of anilines is 2. The summed E-state index contributed by atoms with van der Waals surface area (Å²) >= 11 is 11.9. The van der Waals surface area contributed by atoms with Crippen LogP contribution in [0.15, 0.2) is 18.2 Å². The molecule has 0 aliphatic carbocycles. The largest absolute Gasteiger partial charge is 0.336 e. The number of aryl methyl sites for hydroxylation is 2. The summed E-state index contributed by atoms with van der Waals surface area (Å²) in [4.78, 5) is 8.38. The molecule has 0 atom stereocenters. The molecule has 2 aromatic rings. The Morgan fingerprint density at radius 1 is 1.11 bits per heavy atom. The second-order valence-electron chi connectivity index (χ2n) is 3.78. The van der Waals surface area contributed by atoms with Crippen LogP contribution in [0, 0.1) is 19.7 Å². The minimum absolute atomic E-state index is 0.221. The molecule has 0 aliphatic heterocycles. The summed E-state index contributed by atoms with van der Waals surface area (Å²) in [5.74, 6) is -0.0397. The molecule has 0 saturated carbocycles. The monoisotopic (exact) mass is 285 g/mol. The lowest BCUT2D eigenvalue weighted by Crippen LogP contribution is -2.01. The van der Waals surface area contributed by atoms with Gasteiger partial charge in [-0.15, -0.1) is 0 Å². The molecule has 0 bridgehead atoms. The number of rotatable bonds is 2. The molecule has 94 valence electrons. The van der Waals surface area contributed by atoms with E-state index in [-0.39, 0.29) is 5.15 Å². The highest BCUT2D eigenvalue weighted by molar-refractivity contribution is 6.34.